The summed E-state index contributed by atoms with van der Waals surface area (Å²) in [7, 11) is -2.64. The monoisotopic (exact) mass is 427 g/mol. The average Bonchev–Trinajstić information content (AvgIpc) is 3.07. The summed E-state index contributed by atoms with van der Waals surface area (Å²) >= 11 is 5.42. The van der Waals surface area contributed by atoms with Crippen LogP contribution in [0.2, 0.25) is 0 Å². The molecule has 1 saturated heterocycles. The van der Waals surface area contributed by atoms with Gasteiger partial charge in [-0.1, -0.05) is 18.3 Å². The van der Waals surface area contributed by atoms with Gasteiger partial charge in [0.1, 0.15) is 23.9 Å². The Hall–Kier alpha value is -0.940. The van der Waals surface area contributed by atoms with Gasteiger partial charge < -0.3 is 28.7 Å². The zero-order valence-corrected chi connectivity index (χ0v) is 17.6. The topological polar surface area (TPSA) is 70.4 Å². The number of hydrogen-bond acceptors (Lipinski definition) is 6. The van der Waals surface area contributed by atoms with E-state index in [1.54, 1.807) is 6.92 Å². The smallest absolute Gasteiger partial charge is 0.251 e. The van der Waals surface area contributed by atoms with Crippen LogP contribution in [0.25, 0.3) is 4.85 Å². The highest BCUT2D eigenvalue weighted by Crippen LogP contribution is 2.69. The molecule has 0 aromatic rings. The molecule has 2 heterocycles. The first kappa shape index (κ1) is 17.9. The normalized spacial score (nSPS) is 44.4. The Bertz CT molecular complexity index is 823. The van der Waals surface area contributed by atoms with E-state index in [0.717, 1.165) is 6.42 Å². The Balaban J connectivity index is 1.57. The van der Waals surface area contributed by atoms with E-state index in [4.69, 9.17) is 40.1 Å². The lowest BCUT2D eigenvalue weighted by Crippen LogP contribution is -2.44. The number of fused-ring (bicyclic) bond motifs is 3. The van der Waals surface area contributed by atoms with Crippen LogP contribution in [0.3, 0.4) is 0 Å². The highest BCUT2D eigenvalue weighted by molar-refractivity contribution is 7.80. The molecule has 0 bridgehead atoms. The van der Waals surface area contributed by atoms with Crippen LogP contribution in [0.4, 0.5) is 0 Å². The summed E-state index contributed by atoms with van der Waals surface area (Å²) in [5.41, 5.74) is -0.745. The number of amides is 1. The van der Waals surface area contributed by atoms with Crippen LogP contribution in [0, 0.1) is 18.4 Å². The van der Waals surface area contributed by atoms with Crippen LogP contribution in [0.5, 0.6) is 0 Å². The fourth-order valence-electron chi connectivity index (χ4n) is 4.88. The standard InChI is InChI=1S/C19H25N2O5PS/c1-11-7-13(16(28)21-15(11)22)14-10-18(26-27(4)24-6-5-20-2)8-12-9-19(12,23-3)17(18)25-14/h7,12-14,17H,5-6,8-10H2,1,3-4H3,(H,21,22,28)/t12-,13?,14-,17+,18+,19-,27?/m1/s1/i3TD/t3?,12-,13?,14-,17+,18+,19-,27?. The first-order valence-electron chi connectivity index (χ1n) is 10.5. The molecule has 0 aromatic carbocycles. The molecule has 28 heavy (non-hydrogen) atoms. The number of carbonyl (C=O) groups excluding carboxylic acids is 1. The van der Waals surface area contributed by atoms with Crippen molar-refractivity contribution in [3.05, 3.63) is 23.1 Å². The lowest BCUT2D eigenvalue weighted by Gasteiger charge is -2.34. The quantitative estimate of drug-likeness (QED) is 0.292. The zero-order chi connectivity index (χ0) is 21.7. The Morgan fingerprint density at radius 2 is 2.43 bits per heavy atom. The molecule has 2 aliphatic carbocycles. The fraction of sp³-hybridized carbons (Fsp3) is 0.737. The van der Waals surface area contributed by atoms with Gasteiger partial charge in [-0.25, -0.2) is 6.57 Å². The lowest BCUT2D eigenvalue weighted by atomic mass is 9.86. The SMILES string of the molecule is [2H]C([3H])O[C@]12C[C@H]1C[C@]1(OP(C)OCC[N+]#[C-])C[C@H](C3C=C(C)C(=O)NC3=S)O[C@@H]12. The van der Waals surface area contributed by atoms with Crippen LogP contribution >= 0.6 is 20.6 Å². The highest BCUT2D eigenvalue weighted by Gasteiger charge is 2.77. The second kappa shape index (κ2) is 7.39. The molecule has 3 unspecified atom stereocenters. The largest absolute Gasteiger partial charge is 0.375 e. The maximum Gasteiger partial charge on any atom is 0.251 e. The number of ether oxygens (including phenoxy) is 2. The van der Waals surface area contributed by atoms with Gasteiger partial charge in [0.05, 0.1) is 19.8 Å². The van der Waals surface area contributed by atoms with Crippen LogP contribution in [-0.2, 0) is 23.3 Å². The van der Waals surface area contributed by atoms with Crippen LogP contribution < -0.4 is 5.32 Å². The number of rotatable bonds is 7. The van der Waals surface area contributed by atoms with Gasteiger partial charge in [0.15, 0.2) is 8.38 Å². The van der Waals surface area contributed by atoms with Gasteiger partial charge in [0.25, 0.3) is 5.91 Å². The van der Waals surface area contributed by atoms with Gasteiger partial charge in [-0.3, -0.25) is 4.79 Å². The maximum absolute atomic E-state index is 11.9. The number of carbonyl (C=O) groups is 1. The fourth-order valence-corrected chi connectivity index (χ4v) is 6.34. The van der Waals surface area contributed by atoms with E-state index in [0.29, 0.717) is 30.0 Å². The molecule has 8 atom stereocenters. The van der Waals surface area contributed by atoms with E-state index in [2.05, 4.69) is 10.2 Å². The van der Waals surface area contributed by atoms with E-state index in [-0.39, 0.29) is 30.4 Å². The molecule has 4 aliphatic rings. The Morgan fingerprint density at radius 3 is 3.18 bits per heavy atom. The van der Waals surface area contributed by atoms with Crippen molar-refractivity contribution >= 4 is 31.5 Å². The van der Waals surface area contributed by atoms with Crippen molar-refractivity contribution in [2.24, 2.45) is 11.8 Å². The summed E-state index contributed by atoms with van der Waals surface area (Å²) < 4.78 is 39.6. The first-order chi connectivity index (χ1) is 14.2. The number of nitrogens with zero attached hydrogens (tertiary/aromatic N) is 1. The predicted molar refractivity (Wildman–Crippen MR) is 108 cm³/mol. The Morgan fingerprint density at radius 1 is 1.61 bits per heavy atom. The molecule has 9 heteroatoms. The molecule has 1 N–H and O–H groups in total. The van der Waals surface area contributed by atoms with Crippen LogP contribution in [0.15, 0.2) is 11.6 Å². The average molecular weight is 427 g/mol. The van der Waals surface area contributed by atoms with E-state index in [9.17, 15) is 4.79 Å². The van der Waals surface area contributed by atoms with Gasteiger partial charge in [-0.2, -0.15) is 0 Å². The van der Waals surface area contributed by atoms with Crippen LogP contribution in [0.1, 0.15) is 28.9 Å². The van der Waals surface area contributed by atoms with E-state index in [1.807, 2.05) is 12.7 Å². The number of nitrogens with one attached hydrogen (secondary N) is 1. The summed E-state index contributed by atoms with van der Waals surface area (Å²) in [6, 6.07) is 0. The summed E-state index contributed by atoms with van der Waals surface area (Å²) in [4.78, 5) is 15.6. The van der Waals surface area contributed by atoms with Crippen molar-refractivity contribution in [3.8, 4) is 0 Å². The molecule has 1 amide bonds. The number of thiocarbonyl (C=S) groups is 1. The highest BCUT2D eigenvalue weighted by atomic mass is 32.1. The molecule has 0 radical (unpaired) electrons. The summed E-state index contributed by atoms with van der Waals surface area (Å²) in [6.45, 7) is 11.1. The Labute approximate surface area is 174 Å². The third-order valence-electron chi connectivity index (χ3n) is 6.20. The van der Waals surface area contributed by atoms with Crippen molar-refractivity contribution in [2.75, 3.05) is 26.9 Å². The van der Waals surface area contributed by atoms with Crippen molar-refractivity contribution in [3.63, 3.8) is 0 Å². The molecular weight excluding hydrogens is 399 g/mol. The minimum absolute atomic E-state index is 0.184. The molecule has 2 aliphatic heterocycles. The molecule has 2 saturated carbocycles. The number of methoxy groups -OCH3 is 1. The second-order valence-electron chi connectivity index (χ2n) is 7.94. The van der Waals surface area contributed by atoms with Gasteiger partial charge in [-0.15, -0.1) is 0 Å². The van der Waals surface area contributed by atoms with Gasteiger partial charge in [0, 0.05) is 25.7 Å². The molecule has 7 nitrogen and oxygen atoms in total. The second-order valence-corrected chi connectivity index (χ2v) is 9.70. The Kier molecular flexibility index (Phi) is 4.72. The van der Waals surface area contributed by atoms with E-state index in [1.165, 1.54) is 0 Å². The predicted octanol–water partition coefficient (Wildman–Crippen LogP) is 2.61. The molecular formula is C19H25N2O5PS. The third-order valence-corrected chi connectivity index (χ3v) is 7.74. The molecule has 152 valence electrons. The van der Waals surface area contributed by atoms with Crippen LogP contribution in [-0.4, -0.2) is 61.2 Å². The van der Waals surface area contributed by atoms with Gasteiger partial charge >= 0.3 is 0 Å². The van der Waals surface area contributed by atoms with Crippen molar-refractivity contribution in [1.29, 1.82) is 0 Å². The third kappa shape index (κ3) is 3.23. The zero-order valence-electron chi connectivity index (χ0n) is 17.8. The molecule has 4 rings (SSSR count). The minimum Gasteiger partial charge on any atom is -0.375 e. The summed E-state index contributed by atoms with van der Waals surface area (Å²) in [5.74, 6) is -0.269. The summed E-state index contributed by atoms with van der Waals surface area (Å²) in [5, 5.41) is 2.74. The van der Waals surface area contributed by atoms with Crippen molar-refractivity contribution in [2.45, 2.75) is 49.6 Å². The van der Waals surface area contributed by atoms with Crippen molar-refractivity contribution in [1.82, 2.24) is 5.32 Å². The molecule has 0 spiro atoms. The van der Waals surface area contributed by atoms with Crippen molar-refractivity contribution < 1.29 is 26.1 Å². The van der Waals surface area contributed by atoms with E-state index < -0.39 is 32.7 Å². The van der Waals surface area contributed by atoms with Gasteiger partial charge in [0.2, 0.25) is 6.54 Å². The lowest BCUT2D eigenvalue weighted by molar-refractivity contribution is -0.116. The van der Waals surface area contributed by atoms with E-state index >= 15 is 0 Å². The minimum atomic E-state index is -1.40. The van der Waals surface area contributed by atoms with Gasteiger partial charge in [-0.05, 0) is 25.7 Å². The molecule has 0 aromatic heterocycles. The molecule has 3 fully saturated rings. The summed E-state index contributed by atoms with van der Waals surface area (Å²) in [6.07, 6.45) is 3.11. The number of hydrogen-bond donors (Lipinski definition) is 1. The maximum atomic E-state index is 11.9. The first-order valence-corrected chi connectivity index (χ1v) is 11.3.